The fourth-order valence-electron chi connectivity index (χ4n) is 2.02. The number of nitrogens with two attached hydrogens (primary N) is 1. The van der Waals surface area contributed by atoms with E-state index in [1.165, 1.54) is 0 Å². The minimum Gasteiger partial charge on any atom is -0.377 e. The van der Waals surface area contributed by atoms with Gasteiger partial charge in [0.25, 0.3) is 0 Å². The van der Waals surface area contributed by atoms with Crippen LogP contribution in [0.5, 0.6) is 0 Å². The fraction of sp³-hybridized carbons (Fsp3) is 0.500. The van der Waals surface area contributed by atoms with Gasteiger partial charge in [-0.05, 0) is 31.4 Å². The summed E-state index contributed by atoms with van der Waals surface area (Å²) in [6.45, 7) is 2.78. The Bertz CT molecular complexity index is 355. The molecule has 0 amide bonds. The van der Waals surface area contributed by atoms with Crippen LogP contribution < -0.4 is 5.73 Å². The first-order valence-electron chi connectivity index (χ1n) is 5.26. The third kappa shape index (κ3) is 2.17. The van der Waals surface area contributed by atoms with Crippen LogP contribution in [0.25, 0.3) is 0 Å². The van der Waals surface area contributed by atoms with Crippen molar-refractivity contribution in [3.05, 3.63) is 34.9 Å². The second-order valence-electron chi connectivity index (χ2n) is 4.26. The number of rotatable bonds is 2. The molecule has 2 N–H and O–H groups in total. The Morgan fingerprint density at radius 3 is 2.87 bits per heavy atom. The summed E-state index contributed by atoms with van der Waals surface area (Å²) in [6.07, 6.45) is 1.79. The zero-order chi connectivity index (χ0) is 10.9. The molecule has 1 saturated heterocycles. The molecule has 1 fully saturated rings. The van der Waals surface area contributed by atoms with E-state index >= 15 is 0 Å². The van der Waals surface area contributed by atoms with Gasteiger partial charge in [-0.3, -0.25) is 0 Å². The largest absolute Gasteiger partial charge is 0.377 e. The van der Waals surface area contributed by atoms with Crippen LogP contribution in [0.4, 0.5) is 0 Å². The SMILES string of the molecule is CC1OCCC1(N)Cc1ccccc1Cl. The highest BCUT2D eigenvalue weighted by Crippen LogP contribution is 2.29. The molecule has 0 aromatic heterocycles. The zero-order valence-corrected chi connectivity index (χ0v) is 9.63. The van der Waals surface area contributed by atoms with Gasteiger partial charge in [0.15, 0.2) is 0 Å². The molecule has 2 unspecified atom stereocenters. The van der Waals surface area contributed by atoms with Crippen molar-refractivity contribution in [3.63, 3.8) is 0 Å². The Balaban J connectivity index is 2.18. The number of halogens is 1. The van der Waals surface area contributed by atoms with Gasteiger partial charge in [-0.25, -0.2) is 0 Å². The maximum atomic E-state index is 6.32. The van der Waals surface area contributed by atoms with Crippen molar-refractivity contribution in [3.8, 4) is 0 Å². The number of ether oxygens (including phenoxy) is 1. The van der Waals surface area contributed by atoms with Crippen molar-refractivity contribution >= 4 is 11.6 Å². The second kappa shape index (κ2) is 4.12. The standard InChI is InChI=1S/C12H16ClNO/c1-9-12(14,6-7-15-9)8-10-4-2-3-5-11(10)13/h2-5,9H,6-8,14H2,1H3. The van der Waals surface area contributed by atoms with Crippen molar-refractivity contribution in [2.45, 2.75) is 31.4 Å². The Hall–Kier alpha value is -0.570. The monoisotopic (exact) mass is 225 g/mol. The molecule has 0 spiro atoms. The highest BCUT2D eigenvalue weighted by atomic mass is 35.5. The lowest BCUT2D eigenvalue weighted by Gasteiger charge is -2.27. The number of hydrogen-bond acceptors (Lipinski definition) is 2. The molecule has 2 atom stereocenters. The van der Waals surface area contributed by atoms with E-state index in [1.54, 1.807) is 0 Å². The van der Waals surface area contributed by atoms with Crippen LogP contribution in [0.1, 0.15) is 18.9 Å². The molecule has 0 saturated carbocycles. The second-order valence-corrected chi connectivity index (χ2v) is 4.67. The van der Waals surface area contributed by atoms with E-state index in [4.69, 9.17) is 22.1 Å². The van der Waals surface area contributed by atoms with Crippen molar-refractivity contribution in [2.75, 3.05) is 6.61 Å². The summed E-state index contributed by atoms with van der Waals surface area (Å²) in [5, 5.41) is 0.793. The van der Waals surface area contributed by atoms with Crippen LogP contribution in [-0.4, -0.2) is 18.2 Å². The quantitative estimate of drug-likeness (QED) is 0.839. The van der Waals surface area contributed by atoms with Gasteiger partial charge in [0.05, 0.1) is 6.10 Å². The van der Waals surface area contributed by atoms with Gasteiger partial charge in [-0.15, -0.1) is 0 Å². The van der Waals surface area contributed by atoms with E-state index in [-0.39, 0.29) is 11.6 Å². The average molecular weight is 226 g/mol. The molecule has 82 valence electrons. The minimum atomic E-state index is -0.259. The molecule has 0 radical (unpaired) electrons. The van der Waals surface area contributed by atoms with E-state index in [2.05, 4.69) is 0 Å². The maximum absolute atomic E-state index is 6.32. The van der Waals surface area contributed by atoms with Crippen LogP contribution in [0.15, 0.2) is 24.3 Å². The molecule has 1 aliphatic heterocycles. The molecule has 0 aliphatic carbocycles. The Morgan fingerprint density at radius 1 is 1.53 bits per heavy atom. The molecular weight excluding hydrogens is 210 g/mol. The number of hydrogen-bond donors (Lipinski definition) is 1. The molecule has 0 bridgehead atoms. The van der Waals surface area contributed by atoms with Crippen LogP contribution in [0.3, 0.4) is 0 Å². The highest BCUT2D eigenvalue weighted by Gasteiger charge is 2.37. The van der Waals surface area contributed by atoms with E-state index in [0.29, 0.717) is 0 Å². The van der Waals surface area contributed by atoms with Crippen LogP contribution in [0.2, 0.25) is 5.02 Å². The molecule has 1 aromatic rings. The summed E-state index contributed by atoms with van der Waals surface area (Å²) in [7, 11) is 0. The highest BCUT2D eigenvalue weighted by molar-refractivity contribution is 6.31. The van der Waals surface area contributed by atoms with E-state index in [0.717, 1.165) is 30.0 Å². The van der Waals surface area contributed by atoms with E-state index < -0.39 is 0 Å². The molecule has 3 heteroatoms. The molecule has 1 aromatic carbocycles. The molecule has 15 heavy (non-hydrogen) atoms. The van der Waals surface area contributed by atoms with Crippen molar-refractivity contribution in [1.82, 2.24) is 0 Å². The topological polar surface area (TPSA) is 35.2 Å². The molecular formula is C12H16ClNO. The van der Waals surface area contributed by atoms with Crippen molar-refractivity contribution < 1.29 is 4.74 Å². The van der Waals surface area contributed by atoms with Gasteiger partial charge >= 0.3 is 0 Å². The maximum Gasteiger partial charge on any atom is 0.0730 e. The first-order chi connectivity index (χ1) is 7.12. The van der Waals surface area contributed by atoms with Crippen LogP contribution in [0, 0.1) is 0 Å². The van der Waals surface area contributed by atoms with Gasteiger partial charge in [0, 0.05) is 17.2 Å². The van der Waals surface area contributed by atoms with Gasteiger partial charge in [0.1, 0.15) is 0 Å². The zero-order valence-electron chi connectivity index (χ0n) is 8.87. The van der Waals surface area contributed by atoms with E-state index in [1.807, 2.05) is 31.2 Å². The summed E-state index contributed by atoms with van der Waals surface area (Å²) in [5.74, 6) is 0. The van der Waals surface area contributed by atoms with Crippen LogP contribution >= 0.6 is 11.6 Å². The average Bonchev–Trinajstić information content (AvgIpc) is 2.51. The van der Waals surface area contributed by atoms with Crippen LogP contribution in [-0.2, 0) is 11.2 Å². The van der Waals surface area contributed by atoms with Gasteiger partial charge in [-0.1, -0.05) is 29.8 Å². The summed E-state index contributed by atoms with van der Waals surface area (Å²) >= 11 is 6.12. The predicted octanol–water partition coefficient (Wildman–Crippen LogP) is 2.39. The molecule has 2 rings (SSSR count). The lowest BCUT2D eigenvalue weighted by Crippen LogP contribution is -2.48. The number of benzene rings is 1. The van der Waals surface area contributed by atoms with Gasteiger partial charge < -0.3 is 10.5 Å². The van der Waals surface area contributed by atoms with Gasteiger partial charge in [0.2, 0.25) is 0 Å². The third-order valence-electron chi connectivity index (χ3n) is 3.22. The van der Waals surface area contributed by atoms with Crippen molar-refractivity contribution in [1.29, 1.82) is 0 Å². The molecule has 2 nitrogen and oxygen atoms in total. The lowest BCUT2D eigenvalue weighted by atomic mass is 9.86. The van der Waals surface area contributed by atoms with E-state index in [9.17, 15) is 0 Å². The summed E-state index contributed by atoms with van der Waals surface area (Å²) in [6, 6.07) is 7.86. The van der Waals surface area contributed by atoms with Crippen molar-refractivity contribution in [2.24, 2.45) is 5.73 Å². The summed E-state index contributed by atoms with van der Waals surface area (Å²) in [5.41, 5.74) is 7.17. The Morgan fingerprint density at radius 2 is 2.27 bits per heavy atom. The lowest BCUT2D eigenvalue weighted by molar-refractivity contribution is 0.0955. The summed E-state index contributed by atoms with van der Waals surface area (Å²) in [4.78, 5) is 0. The minimum absolute atomic E-state index is 0.105. The fourth-order valence-corrected chi connectivity index (χ4v) is 2.23. The summed E-state index contributed by atoms with van der Waals surface area (Å²) < 4.78 is 5.51. The third-order valence-corrected chi connectivity index (χ3v) is 3.59. The van der Waals surface area contributed by atoms with Gasteiger partial charge in [-0.2, -0.15) is 0 Å². The smallest absolute Gasteiger partial charge is 0.0730 e. The molecule has 1 heterocycles. The Kier molecular flexibility index (Phi) is 3.01. The predicted molar refractivity (Wildman–Crippen MR) is 62.1 cm³/mol. The Labute approximate surface area is 95.4 Å². The normalized spacial score (nSPS) is 30.7. The first kappa shape index (κ1) is 10.9. The molecule has 1 aliphatic rings. The first-order valence-corrected chi connectivity index (χ1v) is 5.63.